The highest BCUT2D eigenvalue weighted by Crippen LogP contribution is 2.32. The first-order valence-corrected chi connectivity index (χ1v) is 8.19. The van der Waals surface area contributed by atoms with E-state index in [0.717, 1.165) is 33.7 Å². The van der Waals surface area contributed by atoms with Crippen molar-refractivity contribution in [3.8, 4) is 16.8 Å². The van der Waals surface area contributed by atoms with Crippen molar-refractivity contribution in [2.45, 2.75) is 13.8 Å². The molecular formula is C20H16ClN3. The highest BCUT2D eigenvalue weighted by atomic mass is 35.5. The van der Waals surface area contributed by atoms with Crippen molar-refractivity contribution < 1.29 is 0 Å². The average molecular weight is 334 g/mol. The molecule has 0 saturated carbocycles. The summed E-state index contributed by atoms with van der Waals surface area (Å²) in [7, 11) is 0. The first-order chi connectivity index (χ1) is 11.6. The molecule has 0 amide bonds. The molecule has 0 aliphatic heterocycles. The third kappa shape index (κ3) is 2.47. The molecule has 3 nitrogen and oxygen atoms in total. The highest BCUT2D eigenvalue weighted by molar-refractivity contribution is 6.30. The fourth-order valence-corrected chi connectivity index (χ4v) is 3.15. The van der Waals surface area contributed by atoms with Crippen LogP contribution in [-0.2, 0) is 0 Å². The van der Waals surface area contributed by atoms with Crippen molar-refractivity contribution in [2.24, 2.45) is 0 Å². The van der Waals surface area contributed by atoms with E-state index in [2.05, 4.69) is 30.3 Å². The lowest BCUT2D eigenvalue weighted by atomic mass is 10.0. The van der Waals surface area contributed by atoms with Crippen LogP contribution >= 0.6 is 11.6 Å². The first-order valence-electron chi connectivity index (χ1n) is 7.82. The van der Waals surface area contributed by atoms with Crippen LogP contribution < -0.4 is 0 Å². The molecule has 0 aliphatic carbocycles. The number of nitrogens with zero attached hydrogens (tertiary/aromatic N) is 3. The van der Waals surface area contributed by atoms with E-state index >= 15 is 0 Å². The zero-order valence-electron chi connectivity index (χ0n) is 13.5. The number of aromatic nitrogens is 3. The van der Waals surface area contributed by atoms with Gasteiger partial charge in [0.1, 0.15) is 0 Å². The fourth-order valence-electron chi connectivity index (χ4n) is 3.02. The number of pyridine rings is 1. The van der Waals surface area contributed by atoms with Gasteiger partial charge in [0.2, 0.25) is 0 Å². The summed E-state index contributed by atoms with van der Waals surface area (Å²) in [5.41, 5.74) is 6.09. The molecule has 2 aromatic heterocycles. The maximum atomic E-state index is 6.01. The van der Waals surface area contributed by atoms with Gasteiger partial charge >= 0.3 is 0 Å². The van der Waals surface area contributed by atoms with Gasteiger partial charge in [0.15, 0.2) is 5.65 Å². The molecule has 0 bridgehead atoms. The Bertz CT molecular complexity index is 1020. The van der Waals surface area contributed by atoms with Crippen LogP contribution in [0.1, 0.15) is 11.4 Å². The molecule has 4 heteroatoms. The van der Waals surface area contributed by atoms with Gasteiger partial charge < -0.3 is 0 Å². The zero-order valence-corrected chi connectivity index (χ0v) is 14.2. The normalized spacial score (nSPS) is 11.1. The van der Waals surface area contributed by atoms with Crippen molar-refractivity contribution in [2.75, 3.05) is 0 Å². The second-order valence-corrected chi connectivity index (χ2v) is 6.29. The summed E-state index contributed by atoms with van der Waals surface area (Å²) in [6.07, 6.45) is 0. The maximum absolute atomic E-state index is 6.01. The summed E-state index contributed by atoms with van der Waals surface area (Å²) in [4.78, 5) is 4.75. The predicted molar refractivity (Wildman–Crippen MR) is 98.8 cm³/mol. The van der Waals surface area contributed by atoms with Gasteiger partial charge in [-0.25, -0.2) is 9.67 Å². The number of hydrogen-bond acceptors (Lipinski definition) is 2. The molecule has 2 aromatic carbocycles. The van der Waals surface area contributed by atoms with E-state index in [1.165, 1.54) is 5.56 Å². The second-order valence-electron chi connectivity index (χ2n) is 5.85. The molecule has 0 fully saturated rings. The van der Waals surface area contributed by atoms with E-state index in [-0.39, 0.29) is 0 Å². The first kappa shape index (κ1) is 14.9. The number of fused-ring (bicyclic) bond motifs is 1. The van der Waals surface area contributed by atoms with Crippen LogP contribution in [0.5, 0.6) is 0 Å². The number of rotatable bonds is 2. The molecule has 0 aliphatic rings. The molecule has 4 aromatic rings. The lowest BCUT2D eigenvalue weighted by molar-refractivity contribution is 0.875. The predicted octanol–water partition coefficient (Wildman–Crippen LogP) is 5.36. The van der Waals surface area contributed by atoms with Gasteiger partial charge in [-0.1, -0.05) is 41.9 Å². The van der Waals surface area contributed by atoms with Crippen LogP contribution in [0, 0.1) is 13.8 Å². The quantitative estimate of drug-likeness (QED) is 0.494. The Morgan fingerprint density at radius 1 is 0.917 bits per heavy atom. The van der Waals surface area contributed by atoms with E-state index < -0.39 is 0 Å². The summed E-state index contributed by atoms with van der Waals surface area (Å²) < 4.78 is 1.89. The van der Waals surface area contributed by atoms with Gasteiger partial charge in [0, 0.05) is 10.7 Å². The van der Waals surface area contributed by atoms with Gasteiger partial charge in [-0.2, -0.15) is 5.10 Å². The Hall–Kier alpha value is -2.65. The Morgan fingerprint density at radius 3 is 2.33 bits per heavy atom. The number of halogens is 1. The summed E-state index contributed by atoms with van der Waals surface area (Å²) in [6, 6.07) is 20.1. The lowest BCUT2D eigenvalue weighted by Gasteiger charge is -2.07. The lowest BCUT2D eigenvalue weighted by Crippen LogP contribution is -1.98. The average Bonchev–Trinajstić information content (AvgIpc) is 2.92. The second kappa shape index (κ2) is 5.77. The van der Waals surface area contributed by atoms with Crippen LogP contribution in [0.15, 0.2) is 60.7 Å². The molecule has 0 N–H and O–H groups in total. The van der Waals surface area contributed by atoms with Crippen LogP contribution in [0.2, 0.25) is 5.02 Å². The van der Waals surface area contributed by atoms with E-state index in [1.807, 2.05) is 48.9 Å². The van der Waals surface area contributed by atoms with Crippen molar-refractivity contribution in [3.05, 3.63) is 77.1 Å². The molecule has 0 atom stereocenters. The highest BCUT2D eigenvalue weighted by Gasteiger charge is 2.16. The van der Waals surface area contributed by atoms with E-state index in [9.17, 15) is 0 Å². The zero-order chi connectivity index (χ0) is 16.7. The number of aryl methyl sites for hydroxylation is 2. The third-order valence-electron chi connectivity index (χ3n) is 4.10. The third-order valence-corrected chi connectivity index (χ3v) is 4.35. The van der Waals surface area contributed by atoms with E-state index in [0.29, 0.717) is 5.02 Å². The summed E-state index contributed by atoms with van der Waals surface area (Å²) in [6.45, 7) is 4.04. The Labute approximate surface area is 145 Å². The van der Waals surface area contributed by atoms with Crippen molar-refractivity contribution >= 4 is 22.6 Å². The fraction of sp³-hybridized carbons (Fsp3) is 0.100. The Kier molecular flexibility index (Phi) is 3.58. The van der Waals surface area contributed by atoms with E-state index in [1.54, 1.807) is 0 Å². The molecular weight excluding hydrogens is 318 g/mol. The molecule has 4 rings (SSSR count). The molecule has 0 unspecified atom stereocenters. The minimum absolute atomic E-state index is 0.709. The summed E-state index contributed by atoms with van der Waals surface area (Å²) >= 11 is 6.01. The minimum atomic E-state index is 0.709. The minimum Gasteiger partial charge on any atom is -0.233 e. The smallest absolute Gasteiger partial charge is 0.164 e. The molecule has 24 heavy (non-hydrogen) atoms. The van der Waals surface area contributed by atoms with Crippen LogP contribution in [0.25, 0.3) is 27.8 Å². The van der Waals surface area contributed by atoms with Gasteiger partial charge in [-0.3, -0.25) is 0 Å². The molecule has 118 valence electrons. The molecule has 2 heterocycles. The Morgan fingerprint density at radius 2 is 1.62 bits per heavy atom. The van der Waals surface area contributed by atoms with Gasteiger partial charge in [-0.05, 0) is 55.3 Å². The molecule has 0 spiro atoms. The number of benzene rings is 2. The van der Waals surface area contributed by atoms with Gasteiger partial charge in [0.05, 0.1) is 16.8 Å². The summed E-state index contributed by atoms with van der Waals surface area (Å²) in [5, 5.41) is 6.52. The Balaban J connectivity index is 2.03. The van der Waals surface area contributed by atoms with Crippen molar-refractivity contribution in [1.82, 2.24) is 14.8 Å². The van der Waals surface area contributed by atoms with Crippen molar-refractivity contribution in [3.63, 3.8) is 0 Å². The van der Waals surface area contributed by atoms with Crippen LogP contribution in [-0.4, -0.2) is 14.8 Å². The molecule has 0 radical (unpaired) electrons. The van der Waals surface area contributed by atoms with Crippen LogP contribution in [0.3, 0.4) is 0 Å². The van der Waals surface area contributed by atoms with Crippen molar-refractivity contribution in [1.29, 1.82) is 0 Å². The molecule has 0 saturated heterocycles. The SMILES string of the molecule is Cc1cc(-c2ccccc2)c2c(C)nn(-c3ccc(Cl)cc3)c2n1. The van der Waals surface area contributed by atoms with Gasteiger partial charge in [-0.15, -0.1) is 0 Å². The maximum Gasteiger partial charge on any atom is 0.164 e. The topological polar surface area (TPSA) is 30.7 Å². The monoisotopic (exact) mass is 333 g/mol. The summed E-state index contributed by atoms with van der Waals surface area (Å²) in [5.74, 6) is 0. The largest absolute Gasteiger partial charge is 0.233 e. The standard InChI is InChI=1S/C20H16ClN3/c1-13-12-18(15-6-4-3-5-7-15)19-14(2)23-24(20(19)22-13)17-10-8-16(21)9-11-17/h3-12H,1-2H3. The van der Waals surface area contributed by atoms with E-state index in [4.69, 9.17) is 21.7 Å². The van der Waals surface area contributed by atoms with Crippen LogP contribution in [0.4, 0.5) is 0 Å². The van der Waals surface area contributed by atoms with Gasteiger partial charge in [0.25, 0.3) is 0 Å². The number of hydrogen-bond donors (Lipinski definition) is 0.